The van der Waals surface area contributed by atoms with Crippen molar-refractivity contribution < 1.29 is 14.4 Å². The van der Waals surface area contributed by atoms with Gasteiger partial charge >= 0.3 is 0 Å². The van der Waals surface area contributed by atoms with E-state index >= 15 is 0 Å². The first kappa shape index (κ1) is 20.8. The van der Waals surface area contributed by atoms with Crippen LogP contribution in [0.4, 0.5) is 5.69 Å². The van der Waals surface area contributed by atoms with Crippen molar-refractivity contribution in [2.45, 2.75) is 18.7 Å². The van der Waals surface area contributed by atoms with Crippen LogP contribution in [0.15, 0.2) is 70.2 Å². The van der Waals surface area contributed by atoms with Crippen molar-refractivity contribution in [1.82, 2.24) is 5.01 Å². The van der Waals surface area contributed by atoms with E-state index in [4.69, 9.17) is 26.2 Å². The van der Waals surface area contributed by atoms with E-state index in [1.165, 1.54) is 12.1 Å². The number of methoxy groups -OCH3 is 1. The van der Waals surface area contributed by atoms with Gasteiger partial charge < -0.3 is 9.47 Å². The highest BCUT2D eigenvalue weighted by molar-refractivity contribution is 9.10. The van der Waals surface area contributed by atoms with E-state index in [1.54, 1.807) is 13.2 Å². The van der Waals surface area contributed by atoms with E-state index in [-0.39, 0.29) is 16.8 Å². The van der Waals surface area contributed by atoms with E-state index in [2.05, 4.69) is 15.9 Å². The van der Waals surface area contributed by atoms with Gasteiger partial charge in [0.05, 0.1) is 23.8 Å². The molecule has 0 bridgehead atoms. The van der Waals surface area contributed by atoms with E-state index in [0.29, 0.717) is 12.0 Å². The quantitative estimate of drug-likeness (QED) is 0.303. The number of hydrazone groups is 1. The molecule has 7 nitrogen and oxygen atoms in total. The number of benzene rings is 3. The Balaban J connectivity index is 1.59. The lowest BCUT2D eigenvalue weighted by atomic mass is 9.96. The molecular weight excluding hydrogens is 498 g/mol. The third-order valence-electron chi connectivity index (χ3n) is 5.63. The predicted octanol–water partition coefficient (Wildman–Crippen LogP) is 6.26. The molecule has 0 N–H and O–H groups in total. The van der Waals surface area contributed by atoms with E-state index in [1.807, 2.05) is 47.5 Å². The zero-order valence-electron chi connectivity index (χ0n) is 16.9. The Kier molecular flexibility index (Phi) is 5.27. The van der Waals surface area contributed by atoms with E-state index in [9.17, 15) is 10.1 Å². The fourth-order valence-electron chi connectivity index (χ4n) is 4.06. The first-order valence-electron chi connectivity index (χ1n) is 9.85. The molecule has 0 spiro atoms. The summed E-state index contributed by atoms with van der Waals surface area (Å²) in [4.78, 5) is 10.9. The molecular formula is C23H17BrClN3O4. The van der Waals surface area contributed by atoms with Crippen LogP contribution in [0.3, 0.4) is 0 Å². The average Bonchev–Trinajstić information content (AvgIpc) is 3.25. The Labute approximate surface area is 197 Å². The van der Waals surface area contributed by atoms with Crippen molar-refractivity contribution >= 4 is 38.9 Å². The van der Waals surface area contributed by atoms with Crippen LogP contribution in [0.1, 0.15) is 35.4 Å². The van der Waals surface area contributed by atoms with Gasteiger partial charge in [-0.2, -0.15) is 5.10 Å². The average molecular weight is 515 g/mol. The Hall–Kier alpha value is -3.10. The first-order chi connectivity index (χ1) is 15.4. The third kappa shape index (κ3) is 3.59. The largest absolute Gasteiger partial charge is 0.497 e. The summed E-state index contributed by atoms with van der Waals surface area (Å²) in [5.74, 6) is 1.50. The fraction of sp³-hybridized carbons (Fsp3) is 0.174. The number of hydrogen-bond donors (Lipinski definition) is 0. The molecule has 0 amide bonds. The summed E-state index contributed by atoms with van der Waals surface area (Å²) in [7, 11) is 1.63. The second-order valence-electron chi connectivity index (χ2n) is 7.50. The SMILES string of the molecule is COc1ccc(C2=NN3C(C2)c2cc(Br)ccc2OC3c2ccc(Cl)c([N+](=O)[O-])c2)cc1. The molecule has 5 rings (SSSR count). The van der Waals surface area contributed by atoms with Gasteiger partial charge in [0.25, 0.3) is 5.69 Å². The molecule has 0 saturated heterocycles. The molecule has 0 fully saturated rings. The van der Waals surface area contributed by atoms with Gasteiger partial charge in [-0.1, -0.05) is 33.6 Å². The van der Waals surface area contributed by atoms with Crippen LogP contribution in [-0.2, 0) is 0 Å². The van der Waals surface area contributed by atoms with Crippen LogP contribution in [0.5, 0.6) is 11.5 Å². The van der Waals surface area contributed by atoms with Crippen molar-refractivity contribution in [3.05, 3.63) is 97.0 Å². The molecule has 2 aliphatic heterocycles. The zero-order chi connectivity index (χ0) is 22.4. The van der Waals surface area contributed by atoms with E-state index in [0.717, 1.165) is 32.8 Å². The number of hydrogen-bond acceptors (Lipinski definition) is 6. The number of nitrogens with zero attached hydrogens (tertiary/aromatic N) is 3. The molecule has 2 unspecified atom stereocenters. The maximum atomic E-state index is 11.4. The summed E-state index contributed by atoms with van der Waals surface area (Å²) in [5.41, 5.74) is 3.34. The first-order valence-corrected chi connectivity index (χ1v) is 11.0. The summed E-state index contributed by atoms with van der Waals surface area (Å²) in [6.07, 6.45) is 0.0473. The molecule has 0 saturated carbocycles. The number of fused-ring (bicyclic) bond motifs is 3. The lowest BCUT2D eigenvalue weighted by molar-refractivity contribution is -0.384. The molecule has 3 aromatic rings. The molecule has 0 aromatic heterocycles. The topological polar surface area (TPSA) is 77.2 Å². The maximum Gasteiger partial charge on any atom is 0.288 e. The van der Waals surface area contributed by atoms with Gasteiger partial charge in [-0.25, -0.2) is 5.01 Å². The monoisotopic (exact) mass is 513 g/mol. The number of rotatable bonds is 4. The standard InChI is InChI=1S/C23H17BrClN3O4/c1-31-16-6-2-13(3-7-16)19-12-20-17-11-15(24)5-9-22(17)32-23(27(20)26-19)14-4-8-18(25)21(10-14)28(29)30/h2-11,20,23H,12H2,1H3. The summed E-state index contributed by atoms with van der Waals surface area (Å²) in [6.45, 7) is 0. The van der Waals surface area contributed by atoms with Gasteiger partial charge in [-0.05, 0) is 54.1 Å². The zero-order valence-corrected chi connectivity index (χ0v) is 19.2. The number of nitro benzene ring substituents is 1. The molecule has 0 radical (unpaired) electrons. The highest BCUT2D eigenvalue weighted by Gasteiger charge is 2.41. The van der Waals surface area contributed by atoms with Crippen LogP contribution >= 0.6 is 27.5 Å². The van der Waals surface area contributed by atoms with Crippen molar-refractivity contribution in [3.8, 4) is 11.5 Å². The molecule has 3 aromatic carbocycles. The Morgan fingerprint density at radius 1 is 1.19 bits per heavy atom. The lowest BCUT2D eigenvalue weighted by Gasteiger charge is -2.38. The lowest BCUT2D eigenvalue weighted by Crippen LogP contribution is -2.33. The third-order valence-corrected chi connectivity index (χ3v) is 6.44. The Bertz CT molecular complexity index is 1250. The van der Waals surface area contributed by atoms with Crippen LogP contribution in [0.25, 0.3) is 0 Å². The molecule has 2 heterocycles. The number of halogens is 2. The molecule has 2 atom stereocenters. The van der Waals surface area contributed by atoms with Crippen molar-refractivity contribution in [3.63, 3.8) is 0 Å². The van der Waals surface area contributed by atoms with Crippen LogP contribution < -0.4 is 9.47 Å². The van der Waals surface area contributed by atoms with Crippen molar-refractivity contribution in [1.29, 1.82) is 0 Å². The fourth-order valence-corrected chi connectivity index (χ4v) is 4.62. The molecule has 0 aliphatic carbocycles. The Morgan fingerprint density at radius 2 is 1.97 bits per heavy atom. The molecule has 162 valence electrons. The highest BCUT2D eigenvalue weighted by Crippen LogP contribution is 2.48. The molecule has 2 aliphatic rings. The highest BCUT2D eigenvalue weighted by atomic mass is 79.9. The Morgan fingerprint density at radius 3 is 2.69 bits per heavy atom. The van der Waals surface area contributed by atoms with Gasteiger partial charge in [-0.3, -0.25) is 10.1 Å². The smallest absolute Gasteiger partial charge is 0.288 e. The minimum Gasteiger partial charge on any atom is -0.497 e. The second-order valence-corrected chi connectivity index (χ2v) is 8.82. The van der Waals surface area contributed by atoms with E-state index < -0.39 is 11.2 Å². The van der Waals surface area contributed by atoms with Crippen LogP contribution in [-0.4, -0.2) is 22.8 Å². The number of ether oxygens (including phenoxy) is 2. The van der Waals surface area contributed by atoms with Crippen LogP contribution in [0.2, 0.25) is 5.02 Å². The van der Waals surface area contributed by atoms with Gasteiger partial charge in [0.2, 0.25) is 6.23 Å². The minimum absolute atomic E-state index is 0.0758. The molecule has 9 heteroatoms. The normalized spacial score (nSPS) is 19.0. The van der Waals surface area contributed by atoms with Gasteiger partial charge in [-0.15, -0.1) is 0 Å². The van der Waals surface area contributed by atoms with Gasteiger partial charge in [0.1, 0.15) is 16.5 Å². The summed E-state index contributed by atoms with van der Waals surface area (Å²) in [5, 5.41) is 18.3. The molecule has 32 heavy (non-hydrogen) atoms. The number of nitro groups is 1. The maximum absolute atomic E-state index is 11.4. The predicted molar refractivity (Wildman–Crippen MR) is 124 cm³/mol. The van der Waals surface area contributed by atoms with Gasteiger partial charge in [0, 0.05) is 28.1 Å². The summed E-state index contributed by atoms with van der Waals surface area (Å²) < 4.78 is 12.5. The minimum atomic E-state index is -0.625. The van der Waals surface area contributed by atoms with Crippen molar-refractivity contribution in [2.75, 3.05) is 7.11 Å². The summed E-state index contributed by atoms with van der Waals surface area (Å²) >= 11 is 9.57. The van der Waals surface area contributed by atoms with Gasteiger partial charge in [0.15, 0.2) is 0 Å². The summed E-state index contributed by atoms with van der Waals surface area (Å²) in [6, 6.07) is 18.2. The second kappa shape index (κ2) is 8.11. The van der Waals surface area contributed by atoms with Crippen molar-refractivity contribution in [2.24, 2.45) is 5.10 Å². The van der Waals surface area contributed by atoms with Crippen LogP contribution in [0, 0.1) is 10.1 Å².